The molecule has 2 aromatic carbocycles. The molecule has 10 heteroatoms. The lowest BCUT2D eigenvalue weighted by atomic mass is 10.1. The van der Waals surface area contributed by atoms with Gasteiger partial charge in [-0.25, -0.2) is 4.79 Å². The number of furan rings is 1. The zero-order chi connectivity index (χ0) is 25.9. The Morgan fingerprint density at radius 1 is 1.08 bits per heavy atom. The van der Waals surface area contributed by atoms with E-state index in [4.69, 9.17) is 20.8 Å². The average molecular weight is 583 g/mol. The lowest BCUT2D eigenvalue weighted by Crippen LogP contribution is -2.53. The number of benzene rings is 2. The van der Waals surface area contributed by atoms with E-state index < -0.39 is 17.8 Å². The summed E-state index contributed by atoms with van der Waals surface area (Å²) in [6.07, 6.45) is 5.56. The zero-order valence-electron chi connectivity index (χ0n) is 19.4. The Morgan fingerprint density at radius 2 is 1.92 bits per heavy atom. The summed E-state index contributed by atoms with van der Waals surface area (Å²) in [5.41, 5.74) is 1.47. The highest BCUT2D eigenvalue weighted by Crippen LogP contribution is 2.29. The number of carbonyl (C=O) groups excluding carboxylic acids is 3. The maximum absolute atomic E-state index is 13.2. The van der Waals surface area contributed by atoms with Crippen LogP contribution in [0.25, 0.3) is 17.0 Å². The number of fused-ring (bicyclic) bond motifs is 1. The Hall–Kier alpha value is -3.82. The van der Waals surface area contributed by atoms with Gasteiger partial charge in [0.25, 0.3) is 11.8 Å². The van der Waals surface area contributed by atoms with E-state index in [-0.39, 0.29) is 12.1 Å². The number of ether oxygens (including phenoxy) is 1. The highest BCUT2D eigenvalue weighted by Gasteiger charge is 2.36. The van der Waals surface area contributed by atoms with Gasteiger partial charge in [0.1, 0.15) is 17.1 Å². The minimum Gasteiger partial charge on any atom is -0.492 e. The highest BCUT2D eigenvalue weighted by molar-refractivity contribution is 9.10. The topological polar surface area (TPSA) is 93.8 Å². The Balaban J connectivity index is 1.40. The standard InChI is InChI=1S/C27H21BrClN3O5/c28-18-8-9-23-20(14-18)17(15-31(23)10-4-12-37-24-7-2-1-6-22(24)29)13-21-25(33)30-27(35)32(26(21)34)16-19-5-3-11-36-19/h1-3,5-9,11,13-15H,4,10,12,16H2,(H,30,33,35)/b21-13+. The predicted octanol–water partition coefficient (Wildman–Crippen LogP) is 5.78. The molecule has 5 rings (SSSR count). The quantitative estimate of drug-likeness (QED) is 0.161. The number of aryl methyl sites for hydroxylation is 1. The van der Waals surface area contributed by atoms with Crippen molar-refractivity contribution in [2.75, 3.05) is 6.61 Å². The smallest absolute Gasteiger partial charge is 0.331 e. The molecular weight excluding hydrogens is 562 g/mol. The monoisotopic (exact) mass is 581 g/mol. The highest BCUT2D eigenvalue weighted by atomic mass is 79.9. The SMILES string of the molecule is O=C1NC(=O)N(Cc2ccco2)C(=O)/C1=C/c1cn(CCCOc2ccccc2Cl)c2ccc(Br)cc12. The first-order valence-electron chi connectivity index (χ1n) is 11.5. The van der Waals surface area contributed by atoms with Crippen molar-refractivity contribution in [3.63, 3.8) is 0 Å². The molecule has 1 aliphatic rings. The van der Waals surface area contributed by atoms with E-state index in [2.05, 4.69) is 21.2 Å². The number of imide groups is 2. The third-order valence-electron chi connectivity index (χ3n) is 5.89. The summed E-state index contributed by atoms with van der Waals surface area (Å²) in [7, 11) is 0. The van der Waals surface area contributed by atoms with E-state index in [9.17, 15) is 14.4 Å². The van der Waals surface area contributed by atoms with Gasteiger partial charge in [-0.05, 0) is 55.0 Å². The summed E-state index contributed by atoms with van der Waals surface area (Å²) in [5, 5.41) is 3.65. The third-order valence-corrected chi connectivity index (χ3v) is 6.70. The van der Waals surface area contributed by atoms with Crippen LogP contribution in [-0.2, 0) is 22.7 Å². The number of hydrogen-bond donors (Lipinski definition) is 1. The van der Waals surface area contributed by atoms with Gasteiger partial charge >= 0.3 is 6.03 Å². The molecule has 188 valence electrons. The number of nitrogens with one attached hydrogen (secondary N) is 1. The zero-order valence-corrected chi connectivity index (χ0v) is 21.8. The maximum Gasteiger partial charge on any atom is 0.331 e. The first kappa shape index (κ1) is 24.9. The van der Waals surface area contributed by atoms with Crippen molar-refractivity contribution in [2.24, 2.45) is 0 Å². The van der Waals surface area contributed by atoms with Crippen LogP contribution in [0.3, 0.4) is 0 Å². The largest absolute Gasteiger partial charge is 0.492 e. The molecule has 0 radical (unpaired) electrons. The van der Waals surface area contributed by atoms with Crippen LogP contribution in [0.4, 0.5) is 4.79 Å². The number of para-hydroxylation sites is 1. The van der Waals surface area contributed by atoms with E-state index in [1.807, 2.05) is 47.2 Å². The van der Waals surface area contributed by atoms with Crippen molar-refractivity contribution in [3.05, 3.63) is 93.4 Å². The fourth-order valence-corrected chi connectivity index (χ4v) is 4.68. The van der Waals surface area contributed by atoms with E-state index in [0.29, 0.717) is 41.7 Å². The van der Waals surface area contributed by atoms with Crippen LogP contribution in [0, 0.1) is 0 Å². The van der Waals surface area contributed by atoms with Crippen LogP contribution in [0.2, 0.25) is 5.02 Å². The molecule has 0 unspecified atom stereocenters. The van der Waals surface area contributed by atoms with E-state index in [0.717, 1.165) is 20.3 Å². The number of nitrogens with zero attached hydrogens (tertiary/aromatic N) is 2. The van der Waals surface area contributed by atoms with Crippen LogP contribution < -0.4 is 10.1 Å². The molecule has 3 heterocycles. The first-order chi connectivity index (χ1) is 17.9. The fraction of sp³-hybridized carbons (Fsp3) is 0.148. The number of hydrogen-bond acceptors (Lipinski definition) is 5. The van der Waals surface area contributed by atoms with Gasteiger partial charge in [0.05, 0.1) is 24.4 Å². The van der Waals surface area contributed by atoms with Crippen molar-refractivity contribution in [3.8, 4) is 5.75 Å². The van der Waals surface area contributed by atoms with Crippen molar-refractivity contribution < 1.29 is 23.5 Å². The molecule has 1 fully saturated rings. The number of amides is 4. The second kappa shape index (κ2) is 10.7. The molecule has 4 amide bonds. The van der Waals surface area contributed by atoms with Crippen LogP contribution in [0.5, 0.6) is 5.75 Å². The van der Waals surface area contributed by atoms with Crippen molar-refractivity contribution >= 4 is 62.4 Å². The summed E-state index contributed by atoms with van der Waals surface area (Å²) < 4.78 is 14.0. The summed E-state index contributed by atoms with van der Waals surface area (Å²) in [6, 6.07) is 15.7. The molecule has 0 atom stereocenters. The van der Waals surface area contributed by atoms with Gasteiger partial charge in [-0.15, -0.1) is 0 Å². The molecule has 37 heavy (non-hydrogen) atoms. The van der Waals surface area contributed by atoms with Crippen LogP contribution in [-0.4, -0.2) is 33.9 Å². The average Bonchev–Trinajstić information content (AvgIpc) is 3.51. The number of halogens is 2. The second-order valence-corrected chi connectivity index (χ2v) is 9.68. The number of carbonyl (C=O) groups is 3. The molecule has 4 aromatic rings. The summed E-state index contributed by atoms with van der Waals surface area (Å²) in [5.74, 6) is -0.369. The van der Waals surface area contributed by atoms with Gasteiger partial charge in [0.15, 0.2) is 0 Å². The van der Waals surface area contributed by atoms with Gasteiger partial charge < -0.3 is 13.7 Å². The summed E-state index contributed by atoms with van der Waals surface area (Å²) in [4.78, 5) is 39.1. The van der Waals surface area contributed by atoms with Crippen molar-refractivity contribution in [1.82, 2.24) is 14.8 Å². The minimum atomic E-state index is -0.785. The number of aromatic nitrogens is 1. The number of rotatable bonds is 8. The Labute approximate surface area is 225 Å². The molecule has 0 aliphatic carbocycles. The molecule has 0 bridgehead atoms. The van der Waals surface area contributed by atoms with Gasteiger partial charge in [0.2, 0.25) is 0 Å². The Kier molecular flexibility index (Phi) is 7.16. The molecule has 1 saturated heterocycles. The molecule has 1 N–H and O–H groups in total. The second-order valence-electron chi connectivity index (χ2n) is 8.36. The van der Waals surface area contributed by atoms with Crippen LogP contribution in [0.1, 0.15) is 17.7 Å². The maximum atomic E-state index is 13.2. The fourth-order valence-electron chi connectivity index (χ4n) is 4.13. The number of urea groups is 1. The molecule has 0 spiro atoms. The predicted molar refractivity (Wildman–Crippen MR) is 142 cm³/mol. The van der Waals surface area contributed by atoms with E-state index in [1.54, 1.807) is 18.2 Å². The van der Waals surface area contributed by atoms with Gasteiger partial charge in [-0.2, -0.15) is 0 Å². The first-order valence-corrected chi connectivity index (χ1v) is 12.6. The Morgan fingerprint density at radius 3 is 2.70 bits per heavy atom. The lowest BCUT2D eigenvalue weighted by Gasteiger charge is -2.25. The van der Waals surface area contributed by atoms with Gasteiger partial charge in [-0.3, -0.25) is 19.8 Å². The van der Waals surface area contributed by atoms with Crippen molar-refractivity contribution in [2.45, 2.75) is 19.5 Å². The van der Waals surface area contributed by atoms with E-state index in [1.165, 1.54) is 12.3 Å². The van der Waals surface area contributed by atoms with Gasteiger partial charge in [-0.1, -0.05) is 39.7 Å². The molecule has 0 saturated carbocycles. The molecule has 1 aliphatic heterocycles. The normalized spacial score (nSPS) is 15.0. The lowest BCUT2D eigenvalue weighted by molar-refractivity contribution is -0.130. The van der Waals surface area contributed by atoms with Gasteiger partial charge in [0, 0.05) is 33.7 Å². The summed E-state index contributed by atoms with van der Waals surface area (Å²) in [6.45, 7) is 1.01. The molecular formula is C27H21BrClN3O5. The van der Waals surface area contributed by atoms with Crippen LogP contribution >= 0.6 is 27.5 Å². The van der Waals surface area contributed by atoms with Crippen molar-refractivity contribution in [1.29, 1.82) is 0 Å². The minimum absolute atomic E-state index is 0.0823. The number of barbiturate groups is 1. The van der Waals surface area contributed by atoms with E-state index >= 15 is 0 Å². The third kappa shape index (κ3) is 5.33. The van der Waals surface area contributed by atoms with Crippen LogP contribution in [0.15, 0.2) is 81.5 Å². The summed E-state index contributed by atoms with van der Waals surface area (Å²) >= 11 is 9.66. The Bertz CT molecular complexity index is 1530. The molecule has 2 aromatic heterocycles. The molecule has 8 nitrogen and oxygen atoms in total.